The van der Waals surface area contributed by atoms with E-state index in [2.05, 4.69) is 26.2 Å². The number of rotatable bonds is 3. The van der Waals surface area contributed by atoms with E-state index in [0.29, 0.717) is 0 Å². The van der Waals surface area contributed by atoms with Crippen LogP contribution in [0.25, 0.3) is 0 Å². The minimum atomic E-state index is -1.06. The van der Waals surface area contributed by atoms with Crippen molar-refractivity contribution >= 4 is 45.0 Å². The summed E-state index contributed by atoms with van der Waals surface area (Å²) in [5.41, 5.74) is 1.88. The molecule has 0 saturated carbocycles. The Morgan fingerprint density at radius 3 is 2.74 bits per heavy atom. The summed E-state index contributed by atoms with van der Waals surface area (Å²) < 4.78 is 0.825. The van der Waals surface area contributed by atoms with Gasteiger partial charge in [0.2, 0.25) is 0 Å². The SMILES string of the molecule is Cc1ccc(Nc2nc(Cl)ccc2C(=O)O)c(Br)c1. The highest BCUT2D eigenvalue weighted by molar-refractivity contribution is 9.10. The van der Waals surface area contributed by atoms with Gasteiger partial charge >= 0.3 is 5.97 Å². The van der Waals surface area contributed by atoms with Crippen molar-refractivity contribution in [2.75, 3.05) is 5.32 Å². The normalized spacial score (nSPS) is 10.3. The van der Waals surface area contributed by atoms with Crippen LogP contribution in [-0.2, 0) is 0 Å². The van der Waals surface area contributed by atoms with Gasteiger partial charge in [-0.25, -0.2) is 9.78 Å². The Hall–Kier alpha value is -1.59. The number of carboxylic acid groups (broad SMARTS) is 1. The molecule has 6 heteroatoms. The number of aryl methyl sites for hydroxylation is 1. The maximum Gasteiger partial charge on any atom is 0.339 e. The summed E-state index contributed by atoms with van der Waals surface area (Å²) in [6, 6.07) is 8.54. The Kier molecular flexibility index (Phi) is 4.07. The molecule has 0 aliphatic heterocycles. The zero-order valence-corrected chi connectivity index (χ0v) is 12.3. The number of hydrogen-bond donors (Lipinski definition) is 2. The van der Waals surface area contributed by atoms with Gasteiger partial charge in [0.05, 0.1) is 5.69 Å². The molecule has 1 aromatic heterocycles. The molecule has 0 bridgehead atoms. The predicted molar refractivity (Wildman–Crippen MR) is 78.4 cm³/mol. The quantitative estimate of drug-likeness (QED) is 0.819. The zero-order chi connectivity index (χ0) is 14.0. The number of benzene rings is 1. The average Bonchev–Trinajstić information content (AvgIpc) is 2.32. The molecule has 0 unspecified atom stereocenters. The molecule has 98 valence electrons. The van der Waals surface area contributed by atoms with Crippen molar-refractivity contribution in [2.24, 2.45) is 0 Å². The summed E-state index contributed by atoms with van der Waals surface area (Å²) in [5.74, 6) is -0.848. The summed E-state index contributed by atoms with van der Waals surface area (Å²) in [5, 5.41) is 12.3. The van der Waals surface area contributed by atoms with Gasteiger partial charge in [-0.05, 0) is 52.7 Å². The average molecular weight is 342 g/mol. The number of aromatic carboxylic acids is 1. The van der Waals surface area contributed by atoms with E-state index in [1.807, 2.05) is 25.1 Å². The molecule has 0 aliphatic carbocycles. The summed E-state index contributed by atoms with van der Waals surface area (Å²) >= 11 is 9.21. The van der Waals surface area contributed by atoms with E-state index in [1.54, 1.807) is 0 Å². The summed E-state index contributed by atoms with van der Waals surface area (Å²) in [7, 11) is 0. The molecule has 1 aromatic carbocycles. The highest BCUT2D eigenvalue weighted by Gasteiger charge is 2.13. The van der Waals surface area contributed by atoms with Gasteiger partial charge in [-0.2, -0.15) is 0 Å². The van der Waals surface area contributed by atoms with Gasteiger partial charge in [-0.15, -0.1) is 0 Å². The second-order valence-corrected chi connectivity index (χ2v) is 5.19. The lowest BCUT2D eigenvalue weighted by molar-refractivity contribution is 0.0697. The van der Waals surface area contributed by atoms with E-state index < -0.39 is 5.97 Å². The molecule has 19 heavy (non-hydrogen) atoms. The van der Waals surface area contributed by atoms with Gasteiger partial charge in [-0.3, -0.25) is 0 Å². The summed E-state index contributed by atoms with van der Waals surface area (Å²) in [6.45, 7) is 1.97. The molecule has 2 N–H and O–H groups in total. The van der Waals surface area contributed by atoms with Gasteiger partial charge in [0.15, 0.2) is 0 Å². The third-order valence-electron chi connectivity index (χ3n) is 2.47. The van der Waals surface area contributed by atoms with E-state index in [0.717, 1.165) is 15.7 Å². The largest absolute Gasteiger partial charge is 0.478 e. The van der Waals surface area contributed by atoms with Crippen LogP contribution in [0.4, 0.5) is 11.5 Å². The van der Waals surface area contributed by atoms with Gasteiger partial charge in [-0.1, -0.05) is 17.7 Å². The van der Waals surface area contributed by atoms with Gasteiger partial charge in [0.25, 0.3) is 0 Å². The van der Waals surface area contributed by atoms with Crippen LogP contribution in [0, 0.1) is 6.92 Å². The van der Waals surface area contributed by atoms with E-state index in [9.17, 15) is 4.79 Å². The minimum Gasteiger partial charge on any atom is -0.478 e. The molecule has 0 aliphatic rings. The highest BCUT2D eigenvalue weighted by Crippen LogP contribution is 2.28. The van der Waals surface area contributed by atoms with Crippen LogP contribution in [0.15, 0.2) is 34.8 Å². The first-order chi connectivity index (χ1) is 8.97. The van der Waals surface area contributed by atoms with E-state index in [4.69, 9.17) is 16.7 Å². The van der Waals surface area contributed by atoms with Crippen LogP contribution in [0.3, 0.4) is 0 Å². The fraction of sp³-hybridized carbons (Fsp3) is 0.0769. The van der Waals surface area contributed by atoms with Crippen molar-refractivity contribution in [3.8, 4) is 0 Å². The third kappa shape index (κ3) is 3.24. The second-order valence-electron chi connectivity index (χ2n) is 3.94. The monoisotopic (exact) mass is 340 g/mol. The first kappa shape index (κ1) is 13.8. The van der Waals surface area contributed by atoms with Crippen LogP contribution in [0.1, 0.15) is 15.9 Å². The second kappa shape index (κ2) is 5.59. The van der Waals surface area contributed by atoms with Crippen LogP contribution in [0.2, 0.25) is 5.15 Å². The van der Waals surface area contributed by atoms with E-state index in [1.165, 1.54) is 12.1 Å². The van der Waals surface area contributed by atoms with Crippen LogP contribution < -0.4 is 5.32 Å². The molecular formula is C13H10BrClN2O2. The zero-order valence-electron chi connectivity index (χ0n) is 9.95. The number of pyridine rings is 1. The lowest BCUT2D eigenvalue weighted by Gasteiger charge is -2.11. The van der Waals surface area contributed by atoms with E-state index in [-0.39, 0.29) is 16.5 Å². The van der Waals surface area contributed by atoms with Gasteiger partial charge in [0.1, 0.15) is 16.5 Å². The molecule has 0 fully saturated rings. The van der Waals surface area contributed by atoms with Gasteiger partial charge in [0, 0.05) is 4.47 Å². The summed E-state index contributed by atoms with van der Waals surface area (Å²) in [4.78, 5) is 15.1. The van der Waals surface area contributed by atoms with Crippen molar-refractivity contribution in [2.45, 2.75) is 6.92 Å². The number of hydrogen-bond acceptors (Lipinski definition) is 3. The number of carboxylic acids is 1. The van der Waals surface area contributed by atoms with Crippen molar-refractivity contribution in [3.63, 3.8) is 0 Å². The standard InChI is InChI=1S/C13H10BrClN2O2/c1-7-2-4-10(9(14)6-7)16-12-8(13(18)19)3-5-11(15)17-12/h2-6H,1H3,(H,16,17)(H,18,19). The number of halogens is 2. The number of nitrogens with zero attached hydrogens (tertiary/aromatic N) is 1. The van der Waals surface area contributed by atoms with Crippen molar-refractivity contribution in [1.82, 2.24) is 4.98 Å². The Balaban J connectivity index is 2.42. The molecule has 2 aromatic rings. The number of anilines is 2. The van der Waals surface area contributed by atoms with Crippen LogP contribution in [0.5, 0.6) is 0 Å². The molecular weight excluding hydrogens is 332 g/mol. The molecule has 2 rings (SSSR count). The molecule has 0 saturated heterocycles. The minimum absolute atomic E-state index is 0.0666. The lowest BCUT2D eigenvalue weighted by Crippen LogP contribution is -2.05. The van der Waals surface area contributed by atoms with Crippen LogP contribution >= 0.6 is 27.5 Å². The first-order valence-electron chi connectivity index (χ1n) is 5.40. The topological polar surface area (TPSA) is 62.2 Å². The Morgan fingerprint density at radius 2 is 2.11 bits per heavy atom. The molecule has 4 nitrogen and oxygen atoms in total. The van der Waals surface area contributed by atoms with E-state index >= 15 is 0 Å². The number of carbonyl (C=O) groups is 1. The van der Waals surface area contributed by atoms with Crippen LogP contribution in [-0.4, -0.2) is 16.1 Å². The fourth-order valence-corrected chi connectivity index (χ4v) is 2.29. The molecule has 1 heterocycles. The summed E-state index contributed by atoms with van der Waals surface area (Å²) in [6.07, 6.45) is 0. The smallest absolute Gasteiger partial charge is 0.339 e. The highest BCUT2D eigenvalue weighted by atomic mass is 79.9. The molecule has 0 atom stereocenters. The maximum atomic E-state index is 11.1. The Labute approximate surface area is 123 Å². The molecule has 0 amide bonds. The predicted octanol–water partition coefficient (Wildman–Crippen LogP) is 4.25. The maximum absolute atomic E-state index is 11.1. The molecule has 0 radical (unpaired) electrons. The third-order valence-corrected chi connectivity index (χ3v) is 3.34. The fourth-order valence-electron chi connectivity index (χ4n) is 1.55. The Bertz CT molecular complexity index is 647. The van der Waals surface area contributed by atoms with Crippen molar-refractivity contribution in [3.05, 3.63) is 51.1 Å². The number of aromatic nitrogens is 1. The molecule has 0 spiro atoms. The number of nitrogens with one attached hydrogen (secondary N) is 1. The first-order valence-corrected chi connectivity index (χ1v) is 6.57. The lowest BCUT2D eigenvalue weighted by atomic mass is 10.2. The van der Waals surface area contributed by atoms with Crippen molar-refractivity contribution in [1.29, 1.82) is 0 Å². The van der Waals surface area contributed by atoms with Gasteiger partial charge < -0.3 is 10.4 Å². The Morgan fingerprint density at radius 1 is 1.37 bits per heavy atom. The van der Waals surface area contributed by atoms with Crippen molar-refractivity contribution < 1.29 is 9.90 Å².